The average Bonchev–Trinajstić information content (AvgIpc) is 1.17. The highest BCUT2D eigenvalue weighted by molar-refractivity contribution is 5.92. The van der Waals surface area contributed by atoms with E-state index in [1.165, 1.54) is 43.8 Å². The molecule has 0 aliphatic rings. The lowest BCUT2D eigenvalue weighted by molar-refractivity contribution is 1.28. The number of rotatable bonds is 17. The minimum Gasteiger partial charge on any atom is -0.311 e. The minimum absolute atomic E-state index is 1.06. The van der Waals surface area contributed by atoms with Gasteiger partial charge in [0, 0.05) is 68.2 Å². The van der Waals surface area contributed by atoms with Crippen LogP contribution in [0, 0.1) is 0 Å². The van der Waals surface area contributed by atoms with Crippen LogP contribution in [0.4, 0.5) is 68.2 Å². The number of nitrogens with zero attached hydrogens (tertiary/aromatic N) is 4. The Hall–Kier alpha value is -12.8. The van der Waals surface area contributed by atoms with Gasteiger partial charge in [-0.3, -0.25) is 0 Å². The number of fused-ring (bicyclic) bond motifs is 2. The molecule has 0 unspecified atom stereocenters. The quantitative estimate of drug-likeness (QED) is 0.0901. The summed E-state index contributed by atoms with van der Waals surface area (Å²) in [5.74, 6) is 0. The third-order valence-corrected chi connectivity index (χ3v) is 18.2. The zero-order valence-electron chi connectivity index (χ0n) is 52.9. The average molecular weight is 1230 g/mol. The molecule has 0 aliphatic carbocycles. The largest absolute Gasteiger partial charge is 0.311 e. The Kier molecular flexibility index (Phi) is 16.1. The Bertz CT molecular complexity index is 4920. The summed E-state index contributed by atoms with van der Waals surface area (Å²) in [7, 11) is 0. The van der Waals surface area contributed by atoms with E-state index in [1.54, 1.807) is 0 Å². The molecule has 16 rings (SSSR count). The molecule has 0 saturated heterocycles. The number of para-hydroxylation sites is 2. The van der Waals surface area contributed by atoms with Gasteiger partial charge in [-0.25, -0.2) is 0 Å². The van der Waals surface area contributed by atoms with E-state index >= 15 is 0 Å². The Morgan fingerprint density at radius 3 is 0.490 bits per heavy atom. The molecule has 0 saturated carbocycles. The van der Waals surface area contributed by atoms with Gasteiger partial charge in [0.2, 0.25) is 0 Å². The maximum absolute atomic E-state index is 2.35. The fraction of sp³-hybridized carbons (Fsp3) is 0. The van der Waals surface area contributed by atoms with E-state index in [9.17, 15) is 0 Å². The van der Waals surface area contributed by atoms with Crippen LogP contribution in [-0.4, -0.2) is 0 Å². The minimum atomic E-state index is 1.06. The van der Waals surface area contributed by atoms with E-state index in [4.69, 9.17) is 0 Å². The molecule has 0 aromatic heterocycles. The highest BCUT2D eigenvalue weighted by atomic mass is 15.2. The van der Waals surface area contributed by atoms with E-state index in [0.29, 0.717) is 0 Å². The van der Waals surface area contributed by atoms with Crippen molar-refractivity contribution >= 4 is 89.8 Å². The summed E-state index contributed by atoms with van der Waals surface area (Å²) < 4.78 is 0. The van der Waals surface area contributed by atoms with Gasteiger partial charge in [-0.1, -0.05) is 255 Å². The fourth-order valence-electron chi connectivity index (χ4n) is 13.3. The Balaban J connectivity index is 0.681. The highest BCUT2D eigenvalue weighted by Gasteiger charge is 2.19. The summed E-state index contributed by atoms with van der Waals surface area (Å²) in [6.07, 6.45) is 0. The van der Waals surface area contributed by atoms with Gasteiger partial charge in [-0.15, -0.1) is 0 Å². The SMILES string of the molecule is c1ccc(-c2ccc(N(c3ccc(-c4ccc(N(c5ccc(-c6ccccc6)cc5)c5ccc(-c6ccc(N(c7ccccc7)c7ccc8ccccc8c7)cc6)cc5)cc4)cc3)c3ccc(-c4ccc(N(c5ccccc5)c5ccc6ccccc6c5)cc4)cc3)cc2)cc1. The van der Waals surface area contributed by atoms with Crippen molar-refractivity contribution in [2.75, 3.05) is 19.6 Å². The molecule has 4 nitrogen and oxygen atoms in total. The smallest absolute Gasteiger partial charge is 0.0468 e. The van der Waals surface area contributed by atoms with Crippen LogP contribution in [0.2, 0.25) is 0 Å². The second-order valence-corrected chi connectivity index (χ2v) is 24.2. The maximum atomic E-state index is 2.35. The van der Waals surface area contributed by atoms with Gasteiger partial charge in [-0.2, -0.15) is 0 Å². The van der Waals surface area contributed by atoms with E-state index < -0.39 is 0 Å². The summed E-state index contributed by atoms with van der Waals surface area (Å²) in [5, 5.41) is 4.87. The molecule has 96 heavy (non-hydrogen) atoms. The predicted octanol–water partition coefficient (Wildman–Crippen LogP) is 26.2. The summed E-state index contributed by atoms with van der Waals surface area (Å²) in [6, 6.07) is 144. The molecule has 0 heterocycles. The number of anilines is 12. The Morgan fingerprint density at radius 1 is 0.104 bits per heavy atom. The Labute approximate surface area is 562 Å². The van der Waals surface area contributed by atoms with Crippen LogP contribution < -0.4 is 19.6 Å². The zero-order valence-corrected chi connectivity index (χ0v) is 52.9. The topological polar surface area (TPSA) is 13.0 Å². The highest BCUT2D eigenvalue weighted by Crippen LogP contribution is 2.43. The second-order valence-electron chi connectivity index (χ2n) is 24.2. The van der Waals surface area contributed by atoms with Crippen LogP contribution in [0.5, 0.6) is 0 Å². The van der Waals surface area contributed by atoms with Gasteiger partial charge in [0.1, 0.15) is 0 Å². The number of hydrogen-bond donors (Lipinski definition) is 0. The number of benzene rings is 16. The van der Waals surface area contributed by atoms with E-state index in [2.05, 4.69) is 420 Å². The molecule has 0 aliphatic heterocycles. The van der Waals surface area contributed by atoms with Crippen molar-refractivity contribution in [2.45, 2.75) is 0 Å². The molecule has 0 fully saturated rings. The second kappa shape index (κ2) is 26.5. The van der Waals surface area contributed by atoms with Crippen LogP contribution in [0.25, 0.3) is 77.2 Å². The van der Waals surface area contributed by atoms with Gasteiger partial charge in [0.15, 0.2) is 0 Å². The third-order valence-electron chi connectivity index (χ3n) is 18.2. The molecule has 0 N–H and O–H groups in total. The number of hydrogen-bond acceptors (Lipinski definition) is 4. The molecule has 16 aromatic rings. The molecule has 0 radical (unpaired) electrons. The van der Waals surface area contributed by atoms with Crippen LogP contribution in [0.1, 0.15) is 0 Å². The normalized spacial score (nSPS) is 11.1. The van der Waals surface area contributed by atoms with Crippen LogP contribution in [0.15, 0.2) is 400 Å². The van der Waals surface area contributed by atoms with E-state index in [0.717, 1.165) is 102 Å². The van der Waals surface area contributed by atoms with E-state index in [1.807, 2.05) is 0 Å². The standard InChI is InChI=1S/C92H66N4/c1-5-17-67(18-6-1)71-29-47-83(48-30-71)93(87-55-37-75(38-56-87)77-41-59-89(60-42-77)95(81-25-9-3-10-26-81)91-63-45-69-21-13-15-23-79(69)65-91)85-51-33-73(34-52-85)74-35-53-86(54-36-74)94(84-49-31-72(32-50-84)68-19-7-2-8-20-68)88-57-39-76(40-58-88)78-43-61-90(62-44-78)96(82-27-11-4-12-28-82)92-64-46-70-22-14-16-24-80(70)66-92/h1-66H. The van der Waals surface area contributed by atoms with Crippen LogP contribution in [0.3, 0.4) is 0 Å². The predicted molar refractivity (Wildman–Crippen MR) is 407 cm³/mol. The lowest BCUT2D eigenvalue weighted by atomic mass is 10.0. The summed E-state index contributed by atoms with van der Waals surface area (Å²) >= 11 is 0. The molecule has 16 aromatic carbocycles. The van der Waals surface area contributed by atoms with Crippen molar-refractivity contribution in [1.29, 1.82) is 0 Å². The molecular weight excluding hydrogens is 1160 g/mol. The molecule has 4 heteroatoms. The first-order valence-electron chi connectivity index (χ1n) is 32.8. The van der Waals surface area contributed by atoms with Crippen LogP contribution in [-0.2, 0) is 0 Å². The van der Waals surface area contributed by atoms with Gasteiger partial charge in [0.05, 0.1) is 0 Å². The van der Waals surface area contributed by atoms with Crippen molar-refractivity contribution in [1.82, 2.24) is 0 Å². The molecule has 0 atom stereocenters. The van der Waals surface area contributed by atoms with Crippen molar-refractivity contribution < 1.29 is 0 Å². The molecular formula is C92H66N4. The van der Waals surface area contributed by atoms with Crippen molar-refractivity contribution in [3.8, 4) is 55.6 Å². The summed E-state index contributed by atoms with van der Waals surface area (Å²) in [5.41, 5.74) is 24.6. The third kappa shape index (κ3) is 12.2. The zero-order chi connectivity index (χ0) is 64.0. The van der Waals surface area contributed by atoms with E-state index in [-0.39, 0.29) is 0 Å². The lowest BCUT2D eigenvalue weighted by Gasteiger charge is -2.27. The van der Waals surface area contributed by atoms with Gasteiger partial charge < -0.3 is 19.6 Å². The van der Waals surface area contributed by atoms with Crippen LogP contribution >= 0.6 is 0 Å². The first-order valence-corrected chi connectivity index (χ1v) is 32.8. The maximum Gasteiger partial charge on any atom is 0.0468 e. The monoisotopic (exact) mass is 1230 g/mol. The van der Waals surface area contributed by atoms with Gasteiger partial charge >= 0.3 is 0 Å². The fourth-order valence-corrected chi connectivity index (χ4v) is 13.3. The molecule has 0 spiro atoms. The van der Waals surface area contributed by atoms with Gasteiger partial charge in [0.25, 0.3) is 0 Å². The molecule has 0 bridgehead atoms. The van der Waals surface area contributed by atoms with Gasteiger partial charge in [-0.05, 0) is 223 Å². The first kappa shape index (κ1) is 58.3. The Morgan fingerprint density at radius 2 is 0.260 bits per heavy atom. The first-order chi connectivity index (χ1) is 47.6. The van der Waals surface area contributed by atoms with Crippen molar-refractivity contribution in [2.24, 2.45) is 0 Å². The summed E-state index contributed by atoms with van der Waals surface area (Å²) in [4.78, 5) is 9.36. The lowest BCUT2D eigenvalue weighted by Crippen LogP contribution is -2.10. The summed E-state index contributed by atoms with van der Waals surface area (Å²) in [6.45, 7) is 0. The van der Waals surface area contributed by atoms with Crippen molar-refractivity contribution in [3.05, 3.63) is 400 Å². The molecule has 0 amide bonds. The van der Waals surface area contributed by atoms with Crippen molar-refractivity contribution in [3.63, 3.8) is 0 Å². The molecule has 454 valence electrons.